The number of nitrogens with two attached hydrogens (primary N) is 1. The smallest absolute Gasteiger partial charge is 0.307 e. The third-order valence-electron chi connectivity index (χ3n) is 4.63. The fraction of sp³-hybridized carbons (Fsp3) is 0.300. The van der Waals surface area contributed by atoms with Crippen LogP contribution in [0.3, 0.4) is 0 Å². The van der Waals surface area contributed by atoms with Gasteiger partial charge in [0.25, 0.3) is 0 Å². The minimum absolute atomic E-state index is 0.0155. The van der Waals surface area contributed by atoms with Crippen molar-refractivity contribution < 1.29 is 18.0 Å². The molecule has 0 heterocycles. The Hall–Kier alpha value is -2.75. The molecule has 2 aromatic carbocycles. The zero-order valence-electron chi connectivity index (χ0n) is 16.9. The number of carbonyl (C=O) groups excluding carboxylic acids is 2. The van der Waals surface area contributed by atoms with Crippen LogP contribution >= 0.6 is 0 Å². The number of nitrogens with one attached hydrogen (secondary N) is 2. The Balaban J connectivity index is 1.92. The molecule has 0 radical (unpaired) electrons. The van der Waals surface area contributed by atoms with E-state index in [0.29, 0.717) is 5.69 Å². The molecule has 156 valence electrons. The summed E-state index contributed by atoms with van der Waals surface area (Å²) in [6, 6.07) is 11.0. The first-order chi connectivity index (χ1) is 13.5. The molecular formula is C20H26N4O4S. The van der Waals surface area contributed by atoms with Crippen LogP contribution < -0.4 is 15.8 Å². The zero-order chi connectivity index (χ0) is 21.8. The number of anilines is 1. The van der Waals surface area contributed by atoms with E-state index in [-0.39, 0.29) is 17.5 Å². The van der Waals surface area contributed by atoms with Gasteiger partial charge in [0.1, 0.15) is 0 Å². The second kappa shape index (κ2) is 9.17. The molecule has 0 aliphatic heterocycles. The Morgan fingerprint density at radius 1 is 1.10 bits per heavy atom. The zero-order valence-corrected chi connectivity index (χ0v) is 17.7. The lowest BCUT2D eigenvalue weighted by Gasteiger charge is -2.24. The number of hydrogen-bond donors (Lipinski definition) is 3. The Labute approximate surface area is 171 Å². The molecule has 1 atom stereocenters. The molecule has 0 saturated carbocycles. The number of rotatable bonds is 6. The van der Waals surface area contributed by atoms with Gasteiger partial charge in [-0.3, -0.25) is 15.0 Å². The van der Waals surface area contributed by atoms with Crippen LogP contribution in [0.25, 0.3) is 0 Å². The number of primary sulfonamides is 1. The Kier molecular flexibility index (Phi) is 7.12. The molecule has 0 saturated heterocycles. The van der Waals surface area contributed by atoms with Crippen molar-refractivity contribution in [3.63, 3.8) is 0 Å². The number of amides is 3. The van der Waals surface area contributed by atoms with Crippen LogP contribution in [0.4, 0.5) is 10.5 Å². The van der Waals surface area contributed by atoms with Crippen molar-refractivity contribution >= 4 is 27.6 Å². The summed E-state index contributed by atoms with van der Waals surface area (Å²) in [7, 11) is -2.02. The lowest BCUT2D eigenvalue weighted by molar-refractivity contribution is -0.121. The fourth-order valence-corrected chi connectivity index (χ4v) is 3.34. The molecule has 0 aliphatic carbocycles. The van der Waals surface area contributed by atoms with E-state index in [0.717, 1.165) is 16.7 Å². The maximum atomic E-state index is 12.2. The number of urea groups is 1. The first kappa shape index (κ1) is 22.5. The summed E-state index contributed by atoms with van der Waals surface area (Å²) >= 11 is 0. The molecule has 0 spiro atoms. The van der Waals surface area contributed by atoms with Gasteiger partial charge < -0.3 is 5.32 Å². The van der Waals surface area contributed by atoms with Gasteiger partial charge in [-0.25, -0.2) is 18.4 Å². The van der Waals surface area contributed by atoms with E-state index in [4.69, 9.17) is 5.14 Å². The van der Waals surface area contributed by atoms with Gasteiger partial charge in [-0.05, 0) is 57.1 Å². The van der Waals surface area contributed by atoms with Crippen molar-refractivity contribution in [2.24, 2.45) is 5.14 Å². The van der Waals surface area contributed by atoms with Crippen molar-refractivity contribution in [2.45, 2.75) is 31.7 Å². The van der Waals surface area contributed by atoms with E-state index >= 15 is 0 Å². The number of benzene rings is 2. The molecular weight excluding hydrogens is 392 g/mol. The molecule has 2 rings (SSSR count). The van der Waals surface area contributed by atoms with Gasteiger partial charge in [0, 0.05) is 11.7 Å². The van der Waals surface area contributed by atoms with Gasteiger partial charge in [-0.2, -0.15) is 0 Å². The lowest BCUT2D eigenvalue weighted by Crippen LogP contribution is -2.41. The van der Waals surface area contributed by atoms with Crippen molar-refractivity contribution in [1.82, 2.24) is 10.2 Å². The number of hydrogen-bond acceptors (Lipinski definition) is 5. The highest BCUT2D eigenvalue weighted by molar-refractivity contribution is 7.89. The molecule has 0 bridgehead atoms. The van der Waals surface area contributed by atoms with E-state index in [1.165, 1.54) is 12.1 Å². The van der Waals surface area contributed by atoms with Crippen LogP contribution in [0.2, 0.25) is 0 Å². The second-order valence-electron chi connectivity index (χ2n) is 7.03. The van der Waals surface area contributed by atoms with Crippen LogP contribution in [-0.2, 0) is 14.8 Å². The van der Waals surface area contributed by atoms with Crippen molar-refractivity contribution in [3.8, 4) is 0 Å². The molecule has 2 aromatic rings. The highest BCUT2D eigenvalue weighted by Crippen LogP contribution is 2.20. The largest absolute Gasteiger partial charge is 0.325 e. The van der Waals surface area contributed by atoms with Crippen LogP contribution in [-0.4, -0.2) is 38.8 Å². The van der Waals surface area contributed by atoms with Crippen LogP contribution in [0.1, 0.15) is 29.7 Å². The Morgan fingerprint density at radius 3 is 2.28 bits per heavy atom. The third kappa shape index (κ3) is 6.38. The molecule has 0 unspecified atom stereocenters. The summed E-state index contributed by atoms with van der Waals surface area (Å²) in [5, 5.41) is 10.1. The average molecular weight is 419 g/mol. The fourth-order valence-electron chi connectivity index (χ4n) is 2.83. The standard InChI is InChI=1S/C20H26N4O4S/c1-13-5-10-18(14(2)11-13)22-20(26)23-19(25)12-24(4)15(3)16-6-8-17(9-7-16)29(21,27)28/h5-11,15H,12H2,1-4H3,(H2,21,27,28)(H2,22,23,25,26)/t15-/m0/s1. The summed E-state index contributed by atoms with van der Waals surface area (Å²) in [6.45, 7) is 5.69. The average Bonchev–Trinajstić information content (AvgIpc) is 2.62. The van der Waals surface area contributed by atoms with E-state index in [1.54, 1.807) is 30.1 Å². The van der Waals surface area contributed by atoms with Crippen molar-refractivity contribution in [3.05, 3.63) is 59.2 Å². The number of nitrogens with zero attached hydrogens (tertiary/aromatic N) is 1. The number of imide groups is 1. The molecule has 0 fully saturated rings. The maximum absolute atomic E-state index is 12.2. The first-order valence-corrected chi connectivity index (χ1v) is 10.5. The van der Waals surface area contributed by atoms with Gasteiger partial charge >= 0.3 is 6.03 Å². The highest BCUT2D eigenvalue weighted by atomic mass is 32.2. The molecule has 29 heavy (non-hydrogen) atoms. The number of sulfonamides is 1. The summed E-state index contributed by atoms with van der Waals surface area (Å²) in [6.07, 6.45) is 0. The van der Waals surface area contributed by atoms with Gasteiger partial charge in [-0.1, -0.05) is 29.8 Å². The van der Waals surface area contributed by atoms with Crippen molar-refractivity contribution in [2.75, 3.05) is 18.9 Å². The van der Waals surface area contributed by atoms with Gasteiger partial charge in [-0.15, -0.1) is 0 Å². The van der Waals surface area contributed by atoms with Gasteiger partial charge in [0.15, 0.2) is 0 Å². The Morgan fingerprint density at radius 2 is 1.72 bits per heavy atom. The van der Waals surface area contributed by atoms with Crippen LogP contribution in [0, 0.1) is 13.8 Å². The molecule has 0 aromatic heterocycles. The SMILES string of the molecule is Cc1ccc(NC(=O)NC(=O)CN(C)[C@@H](C)c2ccc(S(N)(=O)=O)cc2)c(C)c1. The van der Waals surface area contributed by atoms with Crippen LogP contribution in [0.5, 0.6) is 0 Å². The minimum Gasteiger partial charge on any atom is -0.307 e. The first-order valence-electron chi connectivity index (χ1n) is 8.98. The van der Waals surface area contributed by atoms with Crippen LogP contribution in [0.15, 0.2) is 47.4 Å². The number of aryl methyl sites for hydroxylation is 2. The predicted octanol–water partition coefficient (Wildman–Crippen LogP) is 2.29. The topological polar surface area (TPSA) is 122 Å². The lowest BCUT2D eigenvalue weighted by atomic mass is 10.1. The number of carbonyl (C=O) groups is 2. The maximum Gasteiger partial charge on any atom is 0.325 e. The predicted molar refractivity (Wildman–Crippen MR) is 112 cm³/mol. The summed E-state index contributed by atoms with van der Waals surface area (Å²) in [5.74, 6) is -0.456. The molecule has 3 amide bonds. The monoisotopic (exact) mass is 418 g/mol. The highest BCUT2D eigenvalue weighted by Gasteiger charge is 2.17. The summed E-state index contributed by atoms with van der Waals surface area (Å²) in [4.78, 5) is 26.1. The minimum atomic E-state index is -3.75. The summed E-state index contributed by atoms with van der Waals surface area (Å²) in [5.41, 5.74) is 3.43. The second-order valence-corrected chi connectivity index (χ2v) is 8.59. The molecule has 4 N–H and O–H groups in total. The van der Waals surface area contributed by atoms with E-state index in [2.05, 4.69) is 10.6 Å². The van der Waals surface area contributed by atoms with E-state index < -0.39 is 22.0 Å². The molecule has 8 nitrogen and oxygen atoms in total. The van der Waals surface area contributed by atoms with Crippen molar-refractivity contribution in [1.29, 1.82) is 0 Å². The summed E-state index contributed by atoms with van der Waals surface area (Å²) < 4.78 is 22.7. The molecule has 0 aliphatic rings. The normalized spacial score (nSPS) is 12.5. The quantitative estimate of drug-likeness (QED) is 0.664. The van der Waals surface area contributed by atoms with E-state index in [9.17, 15) is 18.0 Å². The van der Waals surface area contributed by atoms with Gasteiger partial charge in [0.05, 0.1) is 11.4 Å². The van der Waals surface area contributed by atoms with E-state index in [1.807, 2.05) is 32.9 Å². The molecule has 9 heteroatoms. The number of likely N-dealkylation sites (N-methyl/N-ethyl adjacent to an activating group) is 1. The third-order valence-corrected chi connectivity index (χ3v) is 5.56. The van der Waals surface area contributed by atoms with Gasteiger partial charge in [0.2, 0.25) is 15.9 Å². The Bertz CT molecular complexity index is 1000.